The molecule has 16 heavy (non-hydrogen) atoms. The Morgan fingerprint density at radius 2 is 2.38 bits per heavy atom. The van der Waals surface area contributed by atoms with E-state index in [2.05, 4.69) is 20.2 Å². The molecule has 2 N–H and O–H groups in total. The normalized spacial score (nSPS) is 13.2. The minimum Gasteiger partial charge on any atom is -0.363 e. The van der Waals surface area contributed by atoms with Crippen LogP contribution in [0.15, 0.2) is 24.7 Å². The van der Waals surface area contributed by atoms with Gasteiger partial charge < -0.3 is 14.5 Å². The van der Waals surface area contributed by atoms with Gasteiger partial charge in [0.2, 0.25) is 5.82 Å². The van der Waals surface area contributed by atoms with Gasteiger partial charge in [0.15, 0.2) is 0 Å². The average molecular weight is 221 g/mol. The fourth-order valence-corrected chi connectivity index (χ4v) is 1.32. The molecule has 0 saturated heterocycles. The summed E-state index contributed by atoms with van der Waals surface area (Å²) in [5, 5.41) is 6.49. The Bertz CT molecular complexity index is 398. The molecule has 0 aliphatic rings. The van der Waals surface area contributed by atoms with Crippen LogP contribution in [0.25, 0.3) is 0 Å². The van der Waals surface area contributed by atoms with Crippen molar-refractivity contribution >= 4 is 0 Å². The molecule has 0 aromatic carbocycles. The SMILES string of the molecule is CO[C](OC(C)c1ccc[nH]1)c1nc[nH]n1. The molecule has 1 radical (unpaired) electrons. The topological polar surface area (TPSA) is 75.8 Å². The number of nitrogens with one attached hydrogen (secondary N) is 2. The number of nitrogens with zero attached hydrogens (tertiary/aromatic N) is 2. The summed E-state index contributed by atoms with van der Waals surface area (Å²) in [6, 6.07) is 3.85. The van der Waals surface area contributed by atoms with Crippen LogP contribution in [-0.4, -0.2) is 27.3 Å². The zero-order valence-electron chi connectivity index (χ0n) is 9.10. The van der Waals surface area contributed by atoms with Crippen LogP contribution in [-0.2, 0) is 9.47 Å². The molecule has 0 spiro atoms. The zero-order chi connectivity index (χ0) is 11.4. The van der Waals surface area contributed by atoms with Crippen molar-refractivity contribution < 1.29 is 9.47 Å². The van der Waals surface area contributed by atoms with E-state index >= 15 is 0 Å². The smallest absolute Gasteiger partial charge is 0.297 e. The van der Waals surface area contributed by atoms with E-state index in [0.717, 1.165) is 5.69 Å². The highest BCUT2D eigenvalue weighted by atomic mass is 16.7. The molecule has 2 aromatic heterocycles. The van der Waals surface area contributed by atoms with E-state index in [1.807, 2.05) is 25.3 Å². The van der Waals surface area contributed by atoms with Crippen molar-refractivity contribution in [3.63, 3.8) is 0 Å². The summed E-state index contributed by atoms with van der Waals surface area (Å²) in [5.74, 6) is 0.404. The Balaban J connectivity index is 2.02. The number of rotatable bonds is 5. The van der Waals surface area contributed by atoms with Crippen molar-refractivity contribution in [3.8, 4) is 0 Å². The van der Waals surface area contributed by atoms with Crippen LogP contribution in [0.5, 0.6) is 0 Å². The highest BCUT2D eigenvalue weighted by Gasteiger charge is 2.21. The van der Waals surface area contributed by atoms with E-state index in [1.165, 1.54) is 13.4 Å². The van der Waals surface area contributed by atoms with Crippen LogP contribution >= 0.6 is 0 Å². The van der Waals surface area contributed by atoms with Gasteiger partial charge in [-0.05, 0) is 19.1 Å². The fraction of sp³-hybridized carbons (Fsp3) is 0.300. The van der Waals surface area contributed by atoms with Gasteiger partial charge in [-0.15, -0.1) is 0 Å². The average Bonchev–Trinajstić information content (AvgIpc) is 2.96. The van der Waals surface area contributed by atoms with Gasteiger partial charge in [-0.3, -0.25) is 5.10 Å². The van der Waals surface area contributed by atoms with E-state index < -0.39 is 0 Å². The molecule has 0 aliphatic heterocycles. The molecule has 1 unspecified atom stereocenters. The Kier molecular flexibility index (Phi) is 3.33. The standard InChI is InChI=1S/C10H13N4O2/c1-7(8-4-3-5-11-8)16-10(15-2)9-12-6-13-14-9/h3-7,11H,1-2H3,(H,12,13,14). The second-order valence-electron chi connectivity index (χ2n) is 3.20. The largest absolute Gasteiger partial charge is 0.363 e. The molecule has 6 heteroatoms. The summed E-state index contributed by atoms with van der Waals surface area (Å²) in [6.45, 7) is 1.91. The molecule has 2 aromatic rings. The highest BCUT2D eigenvalue weighted by Crippen LogP contribution is 2.22. The van der Waals surface area contributed by atoms with Crippen LogP contribution < -0.4 is 0 Å². The third kappa shape index (κ3) is 2.29. The maximum Gasteiger partial charge on any atom is 0.297 e. The van der Waals surface area contributed by atoms with Gasteiger partial charge in [-0.25, -0.2) is 4.98 Å². The Hall–Kier alpha value is -1.66. The molecule has 0 fully saturated rings. The van der Waals surface area contributed by atoms with Crippen LogP contribution in [0.1, 0.15) is 24.5 Å². The number of aromatic amines is 2. The first kappa shape index (κ1) is 10.8. The molecular weight excluding hydrogens is 208 g/mol. The number of hydrogen-bond donors (Lipinski definition) is 2. The van der Waals surface area contributed by atoms with Crippen molar-refractivity contribution in [1.29, 1.82) is 0 Å². The van der Waals surface area contributed by atoms with Crippen molar-refractivity contribution in [3.05, 3.63) is 42.5 Å². The van der Waals surface area contributed by atoms with E-state index in [4.69, 9.17) is 9.47 Å². The summed E-state index contributed by atoms with van der Waals surface area (Å²) in [6.07, 6.45) is 3.46. The van der Waals surface area contributed by atoms with Gasteiger partial charge in [0.1, 0.15) is 6.33 Å². The maximum atomic E-state index is 5.61. The third-order valence-electron chi connectivity index (χ3n) is 2.13. The molecular formula is C10H13N4O2. The molecule has 2 rings (SSSR count). The second kappa shape index (κ2) is 4.91. The molecule has 0 saturated carbocycles. The summed E-state index contributed by atoms with van der Waals surface area (Å²) in [5.41, 5.74) is 0.963. The van der Waals surface area contributed by atoms with E-state index in [-0.39, 0.29) is 6.10 Å². The molecule has 2 heterocycles. The summed E-state index contributed by atoms with van der Waals surface area (Å²) < 4.78 is 10.7. The predicted octanol–water partition coefficient (Wildman–Crippen LogP) is 1.39. The Labute approximate surface area is 93.0 Å². The van der Waals surface area contributed by atoms with Crippen LogP contribution in [0.2, 0.25) is 0 Å². The van der Waals surface area contributed by atoms with E-state index in [0.29, 0.717) is 12.1 Å². The summed E-state index contributed by atoms with van der Waals surface area (Å²) in [7, 11) is 1.52. The first-order valence-electron chi connectivity index (χ1n) is 4.88. The minimum atomic E-state index is -0.150. The Morgan fingerprint density at radius 1 is 1.50 bits per heavy atom. The van der Waals surface area contributed by atoms with Gasteiger partial charge >= 0.3 is 0 Å². The van der Waals surface area contributed by atoms with Gasteiger partial charge in [0, 0.05) is 19.0 Å². The van der Waals surface area contributed by atoms with Gasteiger partial charge in [0.25, 0.3) is 6.29 Å². The summed E-state index contributed by atoms with van der Waals surface area (Å²) >= 11 is 0. The number of ether oxygens (including phenoxy) is 2. The zero-order valence-corrected chi connectivity index (χ0v) is 9.10. The number of H-pyrrole nitrogens is 2. The minimum absolute atomic E-state index is 0.150. The monoisotopic (exact) mass is 221 g/mol. The lowest BCUT2D eigenvalue weighted by molar-refractivity contribution is -0.0446. The highest BCUT2D eigenvalue weighted by molar-refractivity contribution is 5.08. The molecule has 0 aliphatic carbocycles. The third-order valence-corrected chi connectivity index (χ3v) is 2.13. The van der Waals surface area contributed by atoms with Crippen molar-refractivity contribution in [1.82, 2.24) is 20.2 Å². The lowest BCUT2D eigenvalue weighted by Crippen LogP contribution is -2.12. The number of aromatic nitrogens is 4. The van der Waals surface area contributed by atoms with Gasteiger partial charge in [0.05, 0.1) is 6.10 Å². The first-order valence-corrected chi connectivity index (χ1v) is 4.88. The first-order chi connectivity index (χ1) is 7.81. The van der Waals surface area contributed by atoms with Crippen LogP contribution in [0.3, 0.4) is 0 Å². The molecule has 0 bridgehead atoms. The molecule has 6 nitrogen and oxygen atoms in total. The predicted molar refractivity (Wildman–Crippen MR) is 56.0 cm³/mol. The summed E-state index contributed by atoms with van der Waals surface area (Å²) in [4.78, 5) is 7.03. The van der Waals surface area contributed by atoms with E-state index in [1.54, 1.807) is 0 Å². The van der Waals surface area contributed by atoms with Crippen molar-refractivity contribution in [2.45, 2.75) is 13.0 Å². The van der Waals surface area contributed by atoms with Crippen LogP contribution in [0.4, 0.5) is 0 Å². The lowest BCUT2D eigenvalue weighted by atomic mass is 10.3. The molecule has 0 amide bonds. The van der Waals surface area contributed by atoms with Gasteiger partial charge in [-0.2, -0.15) is 5.10 Å². The second-order valence-corrected chi connectivity index (χ2v) is 3.20. The quantitative estimate of drug-likeness (QED) is 0.800. The fourth-order valence-electron chi connectivity index (χ4n) is 1.32. The molecule has 85 valence electrons. The van der Waals surface area contributed by atoms with Crippen molar-refractivity contribution in [2.24, 2.45) is 0 Å². The lowest BCUT2D eigenvalue weighted by Gasteiger charge is -2.16. The Morgan fingerprint density at radius 3 is 2.94 bits per heavy atom. The number of methoxy groups -OCH3 is 1. The van der Waals surface area contributed by atoms with Gasteiger partial charge in [-0.1, -0.05) is 0 Å². The number of hydrogen-bond acceptors (Lipinski definition) is 4. The van der Waals surface area contributed by atoms with E-state index in [9.17, 15) is 0 Å². The molecule has 1 atom stereocenters. The maximum absolute atomic E-state index is 5.61. The van der Waals surface area contributed by atoms with Crippen molar-refractivity contribution in [2.75, 3.05) is 7.11 Å². The van der Waals surface area contributed by atoms with Crippen LogP contribution in [0, 0.1) is 6.29 Å².